The summed E-state index contributed by atoms with van der Waals surface area (Å²) >= 11 is 0. The van der Waals surface area contributed by atoms with E-state index in [2.05, 4.69) is 17.9 Å². The van der Waals surface area contributed by atoms with E-state index in [9.17, 15) is 4.79 Å². The number of nitrogens with two attached hydrogens (primary N) is 1. The van der Waals surface area contributed by atoms with Gasteiger partial charge in [0, 0.05) is 44.1 Å². The zero-order valence-corrected chi connectivity index (χ0v) is 17.3. The van der Waals surface area contributed by atoms with Crippen LogP contribution in [0.4, 0.5) is 0 Å². The van der Waals surface area contributed by atoms with Gasteiger partial charge >= 0.3 is 0 Å². The Bertz CT molecular complexity index is 737. The summed E-state index contributed by atoms with van der Waals surface area (Å²) in [5.74, 6) is 4.58. The van der Waals surface area contributed by atoms with Crippen LogP contribution in [0.2, 0.25) is 0 Å². The number of hydrogen-bond donors (Lipinski definition) is 1. The van der Waals surface area contributed by atoms with Crippen molar-refractivity contribution in [3.63, 3.8) is 0 Å². The normalized spacial score (nSPS) is 42.2. The van der Waals surface area contributed by atoms with Crippen molar-refractivity contribution in [2.45, 2.75) is 44.6 Å². The minimum Gasteiger partial charge on any atom is -0.373 e. The Kier molecular flexibility index (Phi) is 4.55. The molecule has 4 heteroatoms. The summed E-state index contributed by atoms with van der Waals surface area (Å²) in [6, 6.07) is 7.90. The number of carbonyl (C=O) groups excluding carboxylic acids is 1. The van der Waals surface area contributed by atoms with Crippen LogP contribution in [0.1, 0.15) is 54.9 Å². The van der Waals surface area contributed by atoms with Gasteiger partial charge in [0.15, 0.2) is 0 Å². The number of fused-ring (bicyclic) bond motifs is 3. The number of amides is 1. The summed E-state index contributed by atoms with van der Waals surface area (Å²) in [6.07, 6.45) is 6.60. The number of ether oxygens (including phenoxy) is 1. The lowest BCUT2D eigenvalue weighted by atomic mass is 9.62. The number of hydrogen-bond acceptors (Lipinski definition) is 3. The second kappa shape index (κ2) is 6.84. The van der Waals surface area contributed by atoms with Crippen LogP contribution in [-0.2, 0) is 10.3 Å². The van der Waals surface area contributed by atoms with Crippen LogP contribution < -0.4 is 5.73 Å². The number of primary amides is 1. The van der Waals surface area contributed by atoms with Crippen molar-refractivity contribution in [2.75, 3.05) is 26.7 Å². The molecule has 1 aromatic rings. The Balaban J connectivity index is 1.37. The molecule has 28 heavy (non-hydrogen) atoms. The molecule has 5 rings (SSSR count). The summed E-state index contributed by atoms with van der Waals surface area (Å²) in [7, 11) is 1.86. The maximum absolute atomic E-state index is 11.7. The second-order valence-electron chi connectivity index (χ2n) is 10.0. The Morgan fingerprint density at radius 3 is 2.50 bits per heavy atom. The fraction of sp³-hybridized carbons (Fsp3) is 0.708. The van der Waals surface area contributed by atoms with Gasteiger partial charge in [-0.05, 0) is 67.1 Å². The quantitative estimate of drug-likeness (QED) is 0.846. The van der Waals surface area contributed by atoms with Crippen LogP contribution in [0, 0.1) is 35.5 Å². The van der Waals surface area contributed by atoms with Crippen molar-refractivity contribution in [1.29, 1.82) is 0 Å². The van der Waals surface area contributed by atoms with Gasteiger partial charge in [-0.25, -0.2) is 0 Å². The third-order valence-electron chi connectivity index (χ3n) is 8.70. The first-order valence-corrected chi connectivity index (χ1v) is 11.2. The molecule has 0 radical (unpaired) electrons. The number of carbonyl (C=O) groups is 1. The molecule has 3 saturated carbocycles. The molecule has 4 aliphatic rings. The molecule has 4 nitrogen and oxygen atoms in total. The highest BCUT2D eigenvalue weighted by Crippen LogP contribution is 2.59. The highest BCUT2D eigenvalue weighted by molar-refractivity contribution is 5.92. The molecule has 6 atom stereocenters. The largest absolute Gasteiger partial charge is 0.373 e. The number of nitrogens with zero attached hydrogens (tertiary/aromatic N) is 1. The van der Waals surface area contributed by atoms with E-state index in [1.54, 1.807) is 0 Å². The molecular weight excluding hydrogens is 348 g/mol. The summed E-state index contributed by atoms with van der Waals surface area (Å²) in [6.45, 7) is 5.94. The van der Waals surface area contributed by atoms with E-state index >= 15 is 0 Å². The Labute approximate surface area is 168 Å². The fourth-order valence-electron chi connectivity index (χ4n) is 7.31. The van der Waals surface area contributed by atoms with E-state index in [0.29, 0.717) is 17.4 Å². The van der Waals surface area contributed by atoms with Gasteiger partial charge in [0.1, 0.15) is 5.60 Å². The van der Waals surface area contributed by atoms with Crippen molar-refractivity contribution in [1.82, 2.24) is 4.90 Å². The molecular formula is C24H34N2O2. The summed E-state index contributed by atoms with van der Waals surface area (Å²) in [5, 5.41) is 0. The van der Waals surface area contributed by atoms with Gasteiger partial charge in [-0.2, -0.15) is 0 Å². The van der Waals surface area contributed by atoms with Gasteiger partial charge in [0.25, 0.3) is 0 Å². The van der Waals surface area contributed by atoms with Crippen LogP contribution in [0.15, 0.2) is 24.3 Å². The lowest BCUT2D eigenvalue weighted by Crippen LogP contribution is -2.59. The standard InChI is InChI=1S/C24H34N2O2/c1-15-21-9-16(10-22(15)21)12-26-13-19-7-4-8-20(14-26)24(19,28-2)18-6-3-5-17(11-18)23(25)27/h3,5-6,11,15-16,19-22H,4,7-10,12-14H2,1-2H3,(H2,25,27)/t15-,16+,19?,20?,21+,22-,24?. The highest BCUT2D eigenvalue weighted by atomic mass is 16.5. The third kappa shape index (κ3) is 2.83. The monoisotopic (exact) mass is 382 g/mol. The lowest BCUT2D eigenvalue weighted by molar-refractivity contribution is -0.170. The Morgan fingerprint density at radius 2 is 1.89 bits per heavy atom. The lowest BCUT2D eigenvalue weighted by Gasteiger charge is -2.55. The number of likely N-dealkylation sites (tertiary alicyclic amines) is 1. The summed E-state index contributed by atoms with van der Waals surface area (Å²) < 4.78 is 6.34. The van der Waals surface area contributed by atoms with E-state index < -0.39 is 0 Å². The number of piperidine rings is 1. The topological polar surface area (TPSA) is 55.6 Å². The van der Waals surface area contributed by atoms with Crippen molar-refractivity contribution in [3.05, 3.63) is 35.4 Å². The minimum atomic E-state index is -0.357. The van der Waals surface area contributed by atoms with E-state index in [-0.39, 0.29) is 11.5 Å². The van der Waals surface area contributed by atoms with Gasteiger partial charge in [-0.3, -0.25) is 4.79 Å². The first-order valence-electron chi connectivity index (χ1n) is 11.2. The predicted octanol–water partition coefficient (Wildman–Crippen LogP) is 3.65. The third-order valence-corrected chi connectivity index (χ3v) is 8.70. The fourth-order valence-corrected chi connectivity index (χ4v) is 7.31. The molecule has 1 aliphatic heterocycles. The summed E-state index contributed by atoms with van der Waals surface area (Å²) in [5.41, 5.74) is 7.03. The Hall–Kier alpha value is -1.39. The van der Waals surface area contributed by atoms with Gasteiger partial charge in [0.05, 0.1) is 0 Å². The van der Waals surface area contributed by atoms with E-state index in [1.807, 2.05) is 25.3 Å². The maximum atomic E-state index is 11.7. The van der Waals surface area contributed by atoms with Crippen molar-refractivity contribution in [2.24, 2.45) is 41.2 Å². The zero-order valence-electron chi connectivity index (χ0n) is 17.3. The molecule has 1 heterocycles. The first kappa shape index (κ1) is 18.6. The molecule has 1 amide bonds. The SMILES string of the molecule is COC1(c2cccc(C(N)=O)c2)C2CCCC1CN(C[C@@H]1C[C@@H]3[C@H](C)[C@@H]3C1)C2. The van der Waals surface area contributed by atoms with Crippen LogP contribution in [-0.4, -0.2) is 37.6 Å². The van der Waals surface area contributed by atoms with Crippen molar-refractivity contribution < 1.29 is 9.53 Å². The van der Waals surface area contributed by atoms with Crippen LogP contribution >= 0.6 is 0 Å². The molecule has 2 bridgehead atoms. The Morgan fingerprint density at radius 1 is 1.21 bits per heavy atom. The zero-order chi connectivity index (χ0) is 19.5. The van der Waals surface area contributed by atoms with Crippen LogP contribution in [0.3, 0.4) is 0 Å². The van der Waals surface area contributed by atoms with Crippen molar-refractivity contribution in [3.8, 4) is 0 Å². The average Bonchev–Trinajstić information content (AvgIpc) is 3.09. The molecule has 4 fully saturated rings. The molecule has 1 aromatic carbocycles. The van der Waals surface area contributed by atoms with E-state index in [0.717, 1.165) is 42.3 Å². The molecule has 152 valence electrons. The summed E-state index contributed by atoms with van der Waals surface area (Å²) in [4.78, 5) is 14.5. The van der Waals surface area contributed by atoms with E-state index in [4.69, 9.17) is 10.5 Å². The second-order valence-corrected chi connectivity index (χ2v) is 10.0. The number of methoxy groups -OCH3 is 1. The van der Waals surface area contributed by atoms with Gasteiger partial charge in [-0.1, -0.05) is 25.5 Å². The average molecular weight is 383 g/mol. The molecule has 0 spiro atoms. The van der Waals surface area contributed by atoms with Crippen molar-refractivity contribution >= 4 is 5.91 Å². The first-order chi connectivity index (χ1) is 13.5. The smallest absolute Gasteiger partial charge is 0.248 e. The minimum absolute atomic E-state index is 0.271. The molecule has 1 saturated heterocycles. The predicted molar refractivity (Wildman–Crippen MR) is 110 cm³/mol. The highest BCUT2D eigenvalue weighted by Gasteiger charge is 2.55. The van der Waals surface area contributed by atoms with Gasteiger partial charge in [0.2, 0.25) is 5.91 Å². The molecule has 2 N–H and O–H groups in total. The molecule has 3 aliphatic carbocycles. The van der Waals surface area contributed by atoms with Crippen LogP contribution in [0.5, 0.6) is 0 Å². The van der Waals surface area contributed by atoms with Gasteiger partial charge < -0.3 is 15.4 Å². The number of rotatable bonds is 5. The number of benzene rings is 1. The van der Waals surface area contributed by atoms with E-state index in [1.165, 1.54) is 38.6 Å². The molecule has 0 aromatic heterocycles. The van der Waals surface area contributed by atoms with Gasteiger partial charge in [-0.15, -0.1) is 0 Å². The molecule has 2 unspecified atom stereocenters. The maximum Gasteiger partial charge on any atom is 0.248 e. The van der Waals surface area contributed by atoms with Crippen LogP contribution in [0.25, 0.3) is 0 Å².